The minimum atomic E-state index is -0.712. The van der Waals surface area contributed by atoms with Crippen LogP contribution in [0.5, 0.6) is 0 Å². The number of rotatable bonds is 7. The Morgan fingerprint density at radius 2 is 2.05 bits per heavy atom. The molecule has 3 heteroatoms. The monoisotopic (exact) mass is 266 g/mol. The molecule has 2 fully saturated rings. The Morgan fingerprint density at radius 3 is 2.74 bits per heavy atom. The van der Waals surface area contributed by atoms with Crippen LogP contribution in [0, 0.1) is 23.7 Å². The lowest BCUT2D eigenvalue weighted by molar-refractivity contribution is -0.137. The van der Waals surface area contributed by atoms with Crippen LogP contribution in [0.1, 0.15) is 51.9 Å². The molecule has 2 aliphatic rings. The van der Waals surface area contributed by atoms with Gasteiger partial charge in [0.1, 0.15) is 0 Å². The van der Waals surface area contributed by atoms with E-state index in [4.69, 9.17) is 5.11 Å². The van der Waals surface area contributed by atoms with E-state index in [-0.39, 0.29) is 12.5 Å². The molecule has 2 N–H and O–H groups in total. The third-order valence-corrected chi connectivity index (χ3v) is 5.05. The van der Waals surface area contributed by atoms with Gasteiger partial charge in [-0.2, -0.15) is 0 Å². The molecule has 0 saturated heterocycles. The van der Waals surface area contributed by atoms with Gasteiger partial charge in [0.05, 0.1) is 6.10 Å². The fraction of sp³-hybridized carbons (Fsp3) is 0.812. The average Bonchev–Trinajstić information content (AvgIpc) is 2.93. The lowest BCUT2D eigenvalue weighted by Crippen LogP contribution is -2.30. The molecule has 5 unspecified atom stereocenters. The number of carboxylic acid groups (broad SMARTS) is 1. The molecule has 3 nitrogen and oxygen atoms in total. The molecule has 108 valence electrons. The van der Waals surface area contributed by atoms with Crippen LogP contribution in [0.3, 0.4) is 0 Å². The number of hydrogen-bond donors (Lipinski definition) is 2. The van der Waals surface area contributed by atoms with Crippen molar-refractivity contribution in [1.29, 1.82) is 0 Å². The highest BCUT2D eigenvalue weighted by Gasteiger charge is 2.48. The van der Waals surface area contributed by atoms with E-state index >= 15 is 0 Å². The van der Waals surface area contributed by atoms with Gasteiger partial charge in [0, 0.05) is 6.42 Å². The van der Waals surface area contributed by atoms with E-state index in [1.165, 1.54) is 19.3 Å². The summed E-state index contributed by atoms with van der Waals surface area (Å²) < 4.78 is 0. The van der Waals surface area contributed by atoms with Crippen LogP contribution in [-0.2, 0) is 4.79 Å². The molecule has 0 aliphatic heterocycles. The fourth-order valence-electron chi connectivity index (χ4n) is 4.30. The van der Waals surface area contributed by atoms with Crippen LogP contribution in [0.4, 0.5) is 0 Å². The van der Waals surface area contributed by atoms with Gasteiger partial charge >= 0.3 is 5.97 Å². The molecule has 2 rings (SSSR count). The molecular formula is C16H26O3. The van der Waals surface area contributed by atoms with E-state index < -0.39 is 5.97 Å². The first-order chi connectivity index (χ1) is 9.09. The summed E-state index contributed by atoms with van der Waals surface area (Å²) in [4.78, 5) is 10.4. The zero-order chi connectivity index (χ0) is 13.8. The topological polar surface area (TPSA) is 57.5 Å². The first kappa shape index (κ1) is 14.6. The summed E-state index contributed by atoms with van der Waals surface area (Å²) in [6.45, 7) is 1.94. The zero-order valence-electron chi connectivity index (χ0n) is 11.8. The van der Waals surface area contributed by atoms with E-state index in [1.54, 1.807) is 0 Å². The highest BCUT2D eigenvalue weighted by atomic mass is 16.4. The number of carbonyl (C=O) groups is 1. The van der Waals surface area contributed by atoms with Gasteiger partial charge in [0.25, 0.3) is 0 Å². The van der Waals surface area contributed by atoms with E-state index in [1.807, 2.05) is 6.92 Å². The molecule has 0 amide bonds. The molecular weight excluding hydrogens is 240 g/mol. The van der Waals surface area contributed by atoms with Gasteiger partial charge in [-0.25, -0.2) is 0 Å². The maximum atomic E-state index is 10.4. The van der Waals surface area contributed by atoms with Gasteiger partial charge in [-0.15, -0.1) is 0 Å². The predicted octanol–water partition coefficient (Wildman–Crippen LogP) is 3.23. The Bertz CT molecular complexity index is 335. The van der Waals surface area contributed by atoms with Gasteiger partial charge in [-0.1, -0.05) is 12.2 Å². The van der Waals surface area contributed by atoms with E-state index in [0.717, 1.165) is 31.1 Å². The summed E-state index contributed by atoms with van der Waals surface area (Å²) in [5.41, 5.74) is 0. The molecule has 0 radical (unpaired) electrons. The smallest absolute Gasteiger partial charge is 0.303 e. The number of unbranched alkanes of at least 4 members (excludes halogenated alkanes) is 1. The Hall–Kier alpha value is -0.830. The number of allylic oxidation sites excluding steroid dienone is 2. The van der Waals surface area contributed by atoms with Crippen molar-refractivity contribution in [2.45, 2.75) is 58.0 Å². The van der Waals surface area contributed by atoms with Crippen molar-refractivity contribution in [3.63, 3.8) is 0 Å². The number of aliphatic hydroxyl groups excluding tert-OH is 1. The molecule has 0 aromatic carbocycles. The Balaban J connectivity index is 1.75. The summed E-state index contributed by atoms with van der Waals surface area (Å²) in [5, 5.41) is 18.5. The van der Waals surface area contributed by atoms with Crippen LogP contribution in [0.2, 0.25) is 0 Å². The van der Waals surface area contributed by atoms with Crippen molar-refractivity contribution in [3.8, 4) is 0 Å². The normalized spacial score (nSPS) is 35.1. The molecule has 2 bridgehead atoms. The third-order valence-electron chi connectivity index (χ3n) is 5.05. The van der Waals surface area contributed by atoms with Crippen LogP contribution in [0.25, 0.3) is 0 Å². The summed E-state index contributed by atoms with van der Waals surface area (Å²) >= 11 is 0. The molecule has 5 atom stereocenters. The molecule has 0 heterocycles. The number of carboxylic acids is 1. The van der Waals surface area contributed by atoms with Gasteiger partial charge < -0.3 is 10.2 Å². The predicted molar refractivity (Wildman–Crippen MR) is 74.7 cm³/mol. The number of aliphatic hydroxyl groups is 1. The van der Waals surface area contributed by atoms with Gasteiger partial charge in [-0.3, -0.25) is 4.79 Å². The minimum Gasteiger partial charge on any atom is -0.481 e. The van der Waals surface area contributed by atoms with E-state index in [2.05, 4.69) is 12.2 Å². The Labute approximate surface area is 115 Å². The van der Waals surface area contributed by atoms with E-state index in [9.17, 15) is 9.90 Å². The van der Waals surface area contributed by atoms with Crippen molar-refractivity contribution in [2.24, 2.45) is 23.7 Å². The number of fused-ring (bicyclic) bond motifs is 2. The number of aliphatic carboxylic acids is 1. The van der Waals surface area contributed by atoms with Crippen molar-refractivity contribution < 1.29 is 15.0 Å². The molecule has 0 aromatic heterocycles. The van der Waals surface area contributed by atoms with Crippen molar-refractivity contribution in [3.05, 3.63) is 12.2 Å². The highest BCUT2D eigenvalue weighted by Crippen LogP contribution is 2.54. The quantitative estimate of drug-likeness (QED) is 0.549. The third kappa shape index (κ3) is 3.59. The van der Waals surface area contributed by atoms with Crippen molar-refractivity contribution >= 4 is 5.97 Å². The number of hydrogen-bond acceptors (Lipinski definition) is 2. The lowest BCUT2D eigenvalue weighted by Gasteiger charge is -2.32. The lowest BCUT2D eigenvalue weighted by atomic mass is 9.75. The molecule has 0 spiro atoms. The standard InChI is InChI=1S/C16H26O3/c1-11(17)16-13-9-8-12(10-13)14(16)6-4-2-3-5-7-15(18)19/h2,4,11-14,16-17H,3,5-10H2,1H3,(H,18,19)/b4-2-. The van der Waals surface area contributed by atoms with Crippen molar-refractivity contribution in [1.82, 2.24) is 0 Å². The summed E-state index contributed by atoms with van der Waals surface area (Å²) in [5.74, 6) is 1.98. The minimum absolute atomic E-state index is 0.180. The molecule has 19 heavy (non-hydrogen) atoms. The fourth-order valence-corrected chi connectivity index (χ4v) is 4.30. The second-order valence-corrected chi connectivity index (χ2v) is 6.31. The van der Waals surface area contributed by atoms with Crippen LogP contribution >= 0.6 is 0 Å². The van der Waals surface area contributed by atoms with Gasteiger partial charge in [-0.05, 0) is 69.1 Å². The summed E-state index contributed by atoms with van der Waals surface area (Å²) in [6.07, 6.45) is 11.0. The van der Waals surface area contributed by atoms with Crippen LogP contribution in [-0.4, -0.2) is 22.3 Å². The van der Waals surface area contributed by atoms with Crippen LogP contribution in [0.15, 0.2) is 12.2 Å². The average molecular weight is 266 g/mol. The molecule has 0 aromatic rings. The van der Waals surface area contributed by atoms with Crippen molar-refractivity contribution in [2.75, 3.05) is 0 Å². The van der Waals surface area contributed by atoms with E-state index in [0.29, 0.717) is 11.8 Å². The second kappa shape index (κ2) is 6.56. The second-order valence-electron chi connectivity index (χ2n) is 6.31. The highest BCUT2D eigenvalue weighted by molar-refractivity contribution is 5.66. The zero-order valence-corrected chi connectivity index (χ0v) is 11.8. The Morgan fingerprint density at radius 1 is 1.32 bits per heavy atom. The summed E-state index contributed by atoms with van der Waals surface area (Å²) in [6, 6.07) is 0. The maximum Gasteiger partial charge on any atom is 0.303 e. The molecule has 2 aliphatic carbocycles. The largest absolute Gasteiger partial charge is 0.481 e. The molecule has 2 saturated carbocycles. The Kier molecular flexibility index (Phi) is 5.03. The SMILES string of the molecule is CC(O)C1C2CCC(C2)C1C/C=C\CCCC(=O)O. The first-order valence-corrected chi connectivity index (χ1v) is 7.64. The van der Waals surface area contributed by atoms with Gasteiger partial charge in [0.2, 0.25) is 0 Å². The van der Waals surface area contributed by atoms with Gasteiger partial charge in [0.15, 0.2) is 0 Å². The first-order valence-electron chi connectivity index (χ1n) is 7.64. The summed E-state index contributed by atoms with van der Waals surface area (Å²) in [7, 11) is 0. The maximum absolute atomic E-state index is 10.4. The van der Waals surface area contributed by atoms with Crippen LogP contribution < -0.4 is 0 Å².